The van der Waals surface area contributed by atoms with Gasteiger partial charge in [-0.2, -0.15) is 12.6 Å². The molecule has 1 fully saturated rings. The normalized spacial score (nSPS) is 18.4. The van der Waals surface area contributed by atoms with Gasteiger partial charge in [-0.05, 0) is 31.5 Å². The fourth-order valence-corrected chi connectivity index (χ4v) is 2.53. The van der Waals surface area contributed by atoms with Crippen molar-refractivity contribution < 1.29 is 0 Å². The Bertz CT molecular complexity index is 307. The predicted molar refractivity (Wildman–Crippen MR) is 76.6 cm³/mol. The molecule has 0 aliphatic carbocycles. The average Bonchev–Trinajstić information content (AvgIpc) is 2.39. The molecule has 3 heteroatoms. The largest absolute Gasteiger partial charge is 0.313 e. The van der Waals surface area contributed by atoms with Crippen LogP contribution in [0, 0.1) is 0 Å². The third-order valence-electron chi connectivity index (χ3n) is 3.38. The molecule has 0 spiro atoms. The van der Waals surface area contributed by atoms with Crippen LogP contribution in [0.3, 0.4) is 0 Å². The van der Waals surface area contributed by atoms with Gasteiger partial charge < -0.3 is 5.32 Å². The molecule has 94 valence electrons. The summed E-state index contributed by atoms with van der Waals surface area (Å²) in [7, 11) is 0. The molecule has 2 nitrogen and oxygen atoms in total. The van der Waals surface area contributed by atoms with E-state index in [2.05, 4.69) is 53.2 Å². The predicted octanol–water partition coefficient (Wildman–Crippen LogP) is 2.17. The molecule has 0 amide bonds. The zero-order chi connectivity index (χ0) is 11.9. The molecule has 1 aliphatic heterocycles. The van der Waals surface area contributed by atoms with Gasteiger partial charge in [-0.3, -0.25) is 4.90 Å². The quantitative estimate of drug-likeness (QED) is 0.779. The molecule has 0 aromatic heterocycles. The van der Waals surface area contributed by atoms with Crippen LogP contribution in [0.25, 0.3) is 0 Å². The summed E-state index contributed by atoms with van der Waals surface area (Å²) in [5.74, 6) is 0.935. The number of nitrogens with zero attached hydrogens (tertiary/aromatic N) is 1. The van der Waals surface area contributed by atoms with E-state index in [4.69, 9.17) is 0 Å². The Balaban J connectivity index is 1.72. The van der Waals surface area contributed by atoms with Crippen molar-refractivity contribution in [2.24, 2.45) is 0 Å². The van der Waals surface area contributed by atoms with Gasteiger partial charge in [0.05, 0.1) is 0 Å². The molecular formula is C14H22N2S. The number of benzene rings is 1. The molecule has 0 radical (unpaired) electrons. The molecular weight excluding hydrogens is 228 g/mol. The van der Waals surface area contributed by atoms with Crippen molar-refractivity contribution in [2.45, 2.75) is 25.4 Å². The summed E-state index contributed by atoms with van der Waals surface area (Å²) in [5.41, 5.74) is 1.43. The van der Waals surface area contributed by atoms with Gasteiger partial charge in [-0.25, -0.2) is 0 Å². The summed E-state index contributed by atoms with van der Waals surface area (Å²) >= 11 is 4.23. The Morgan fingerprint density at radius 2 is 1.88 bits per heavy atom. The van der Waals surface area contributed by atoms with Crippen LogP contribution in [-0.2, 0) is 6.54 Å². The Morgan fingerprint density at radius 1 is 1.18 bits per heavy atom. The van der Waals surface area contributed by atoms with E-state index in [9.17, 15) is 0 Å². The second-order valence-electron chi connectivity index (χ2n) is 4.71. The van der Waals surface area contributed by atoms with Crippen LogP contribution in [-0.4, -0.2) is 36.3 Å². The summed E-state index contributed by atoms with van der Waals surface area (Å²) in [6.45, 7) is 4.55. The van der Waals surface area contributed by atoms with Crippen molar-refractivity contribution in [3.8, 4) is 0 Å². The van der Waals surface area contributed by atoms with Crippen LogP contribution in [0.2, 0.25) is 0 Å². The first kappa shape index (κ1) is 12.9. The number of thiol groups is 1. The highest BCUT2D eigenvalue weighted by atomic mass is 32.1. The lowest BCUT2D eigenvalue weighted by Gasteiger charge is -2.32. The molecule has 1 aromatic carbocycles. The number of rotatable bonds is 5. The van der Waals surface area contributed by atoms with Crippen molar-refractivity contribution in [2.75, 3.05) is 25.4 Å². The molecule has 0 unspecified atom stereocenters. The summed E-state index contributed by atoms with van der Waals surface area (Å²) in [5, 5.41) is 3.55. The molecule has 0 bridgehead atoms. The van der Waals surface area contributed by atoms with Crippen molar-refractivity contribution in [1.82, 2.24) is 10.2 Å². The highest BCUT2D eigenvalue weighted by Crippen LogP contribution is 2.13. The Kier molecular flexibility index (Phi) is 5.36. The van der Waals surface area contributed by atoms with E-state index in [-0.39, 0.29) is 0 Å². The van der Waals surface area contributed by atoms with Gasteiger partial charge in [0.2, 0.25) is 0 Å². The molecule has 17 heavy (non-hydrogen) atoms. The minimum Gasteiger partial charge on any atom is -0.313 e. The maximum absolute atomic E-state index is 4.23. The highest BCUT2D eigenvalue weighted by molar-refractivity contribution is 7.80. The molecule has 1 heterocycles. The minimum absolute atomic E-state index is 0.703. The van der Waals surface area contributed by atoms with Gasteiger partial charge in [0, 0.05) is 24.9 Å². The van der Waals surface area contributed by atoms with Crippen molar-refractivity contribution in [3.63, 3.8) is 0 Å². The molecule has 1 aliphatic rings. The maximum Gasteiger partial charge on any atom is 0.0233 e. The third-order valence-corrected chi connectivity index (χ3v) is 3.61. The third kappa shape index (κ3) is 4.34. The van der Waals surface area contributed by atoms with E-state index >= 15 is 0 Å². The molecule has 0 atom stereocenters. The van der Waals surface area contributed by atoms with E-state index in [1.165, 1.54) is 31.5 Å². The van der Waals surface area contributed by atoms with Crippen molar-refractivity contribution in [1.29, 1.82) is 0 Å². The maximum atomic E-state index is 4.23. The molecule has 1 N–H and O–H groups in total. The second-order valence-corrected chi connectivity index (χ2v) is 5.16. The number of likely N-dealkylation sites (tertiary alicyclic amines) is 1. The van der Waals surface area contributed by atoms with Gasteiger partial charge in [0.25, 0.3) is 0 Å². The first-order chi connectivity index (χ1) is 8.38. The van der Waals surface area contributed by atoms with Crippen LogP contribution in [0.1, 0.15) is 18.4 Å². The molecule has 1 saturated heterocycles. The monoisotopic (exact) mass is 250 g/mol. The second kappa shape index (κ2) is 7.04. The van der Waals surface area contributed by atoms with Crippen molar-refractivity contribution >= 4 is 12.6 Å². The number of nitrogens with one attached hydrogen (secondary N) is 1. The summed E-state index contributed by atoms with van der Waals surface area (Å²) in [4.78, 5) is 2.55. The highest BCUT2D eigenvalue weighted by Gasteiger charge is 2.18. The minimum atomic E-state index is 0.703. The van der Waals surface area contributed by atoms with E-state index in [1.54, 1.807) is 0 Å². The summed E-state index contributed by atoms with van der Waals surface area (Å²) in [6.07, 6.45) is 2.53. The van der Waals surface area contributed by atoms with Crippen LogP contribution >= 0.6 is 12.6 Å². The zero-order valence-corrected chi connectivity index (χ0v) is 11.2. The lowest BCUT2D eigenvalue weighted by Crippen LogP contribution is -2.42. The topological polar surface area (TPSA) is 15.3 Å². The number of hydrogen-bond acceptors (Lipinski definition) is 3. The lowest BCUT2D eigenvalue weighted by molar-refractivity contribution is 0.192. The van der Waals surface area contributed by atoms with Crippen LogP contribution in [0.5, 0.6) is 0 Å². The smallest absolute Gasteiger partial charge is 0.0233 e. The van der Waals surface area contributed by atoms with Gasteiger partial charge in [-0.1, -0.05) is 30.3 Å². The SMILES string of the molecule is SCCNC1CCN(Cc2ccccc2)CC1. The van der Waals surface area contributed by atoms with E-state index in [1.807, 2.05) is 0 Å². The average molecular weight is 250 g/mol. The zero-order valence-electron chi connectivity index (χ0n) is 10.3. The standard InChI is InChI=1S/C14H22N2S/c17-11-8-15-14-6-9-16(10-7-14)12-13-4-2-1-3-5-13/h1-5,14-15,17H,6-12H2. The van der Waals surface area contributed by atoms with E-state index in [0.29, 0.717) is 6.04 Å². The van der Waals surface area contributed by atoms with Gasteiger partial charge in [0.15, 0.2) is 0 Å². The van der Waals surface area contributed by atoms with E-state index < -0.39 is 0 Å². The Hall–Kier alpha value is -0.510. The number of hydrogen-bond donors (Lipinski definition) is 2. The van der Waals surface area contributed by atoms with Gasteiger partial charge in [-0.15, -0.1) is 0 Å². The lowest BCUT2D eigenvalue weighted by atomic mass is 10.0. The van der Waals surface area contributed by atoms with Crippen LogP contribution < -0.4 is 5.32 Å². The molecule has 2 rings (SSSR count). The molecule has 0 saturated carbocycles. The summed E-state index contributed by atoms with van der Waals surface area (Å²) < 4.78 is 0. The van der Waals surface area contributed by atoms with Crippen LogP contribution in [0.15, 0.2) is 30.3 Å². The Labute approximate surface area is 110 Å². The van der Waals surface area contributed by atoms with Crippen molar-refractivity contribution in [3.05, 3.63) is 35.9 Å². The first-order valence-corrected chi connectivity index (χ1v) is 7.12. The fourth-order valence-electron chi connectivity index (χ4n) is 2.41. The van der Waals surface area contributed by atoms with Gasteiger partial charge in [0.1, 0.15) is 0 Å². The van der Waals surface area contributed by atoms with Gasteiger partial charge >= 0.3 is 0 Å². The van der Waals surface area contributed by atoms with Crippen LogP contribution in [0.4, 0.5) is 0 Å². The fraction of sp³-hybridized carbons (Fsp3) is 0.571. The molecule has 1 aromatic rings. The van der Waals surface area contributed by atoms with E-state index in [0.717, 1.165) is 18.8 Å². The number of piperidine rings is 1. The summed E-state index contributed by atoms with van der Waals surface area (Å²) in [6, 6.07) is 11.5. The Morgan fingerprint density at radius 3 is 2.53 bits per heavy atom. The first-order valence-electron chi connectivity index (χ1n) is 6.49.